The van der Waals surface area contributed by atoms with E-state index in [1.165, 1.54) is 35.9 Å². The standard InChI is InChI=1S/C19H27N3O2/c1-24-17-6-7-19-18(12-17)15(13-21-19)11-16-5-4-10-22(16)9-3-2-8-20-14-23/h6-7,12-14,16,21H,2-5,8-11H2,1H3,(H,20,23)/t16-/m1/s1. The summed E-state index contributed by atoms with van der Waals surface area (Å²) in [6.45, 7) is 3.10. The molecule has 2 aromatic rings. The number of methoxy groups -OCH3 is 1. The average Bonchev–Trinajstić information content (AvgIpc) is 3.22. The molecule has 0 bridgehead atoms. The van der Waals surface area contributed by atoms with Crippen molar-refractivity contribution in [3.05, 3.63) is 30.0 Å². The number of ether oxygens (including phenoxy) is 1. The number of nitrogens with zero attached hydrogens (tertiary/aromatic N) is 1. The molecule has 1 aliphatic heterocycles. The molecule has 5 nitrogen and oxygen atoms in total. The van der Waals surface area contributed by atoms with Gasteiger partial charge >= 0.3 is 0 Å². The van der Waals surface area contributed by atoms with Crippen LogP contribution >= 0.6 is 0 Å². The van der Waals surface area contributed by atoms with Crippen molar-refractivity contribution in [3.8, 4) is 5.75 Å². The Balaban J connectivity index is 1.61. The van der Waals surface area contributed by atoms with E-state index in [4.69, 9.17) is 4.74 Å². The van der Waals surface area contributed by atoms with Crippen molar-refractivity contribution in [2.45, 2.75) is 38.1 Å². The average molecular weight is 329 g/mol. The number of carbonyl (C=O) groups excluding carboxylic acids is 1. The van der Waals surface area contributed by atoms with Crippen LogP contribution in [-0.4, -0.2) is 49.1 Å². The molecule has 1 aromatic carbocycles. The maximum absolute atomic E-state index is 10.3. The van der Waals surface area contributed by atoms with Crippen LogP contribution < -0.4 is 10.1 Å². The Morgan fingerprint density at radius 3 is 3.17 bits per heavy atom. The van der Waals surface area contributed by atoms with Gasteiger partial charge in [-0.3, -0.25) is 4.79 Å². The molecular formula is C19H27N3O2. The number of nitrogens with one attached hydrogen (secondary N) is 2. The number of aromatic amines is 1. The second-order valence-corrected chi connectivity index (χ2v) is 6.54. The van der Waals surface area contributed by atoms with Crippen LogP contribution in [0.5, 0.6) is 5.75 Å². The number of rotatable bonds is 9. The van der Waals surface area contributed by atoms with Crippen LogP contribution in [0.3, 0.4) is 0 Å². The van der Waals surface area contributed by atoms with Gasteiger partial charge in [0.25, 0.3) is 0 Å². The van der Waals surface area contributed by atoms with Crippen LogP contribution in [0, 0.1) is 0 Å². The van der Waals surface area contributed by atoms with E-state index in [2.05, 4.69) is 33.5 Å². The molecule has 1 fully saturated rings. The van der Waals surface area contributed by atoms with E-state index in [1.54, 1.807) is 7.11 Å². The molecule has 1 saturated heterocycles. The first kappa shape index (κ1) is 16.8. The second-order valence-electron chi connectivity index (χ2n) is 6.54. The fourth-order valence-electron chi connectivity index (χ4n) is 3.73. The van der Waals surface area contributed by atoms with Crippen molar-refractivity contribution in [1.29, 1.82) is 0 Å². The first-order chi connectivity index (χ1) is 11.8. The fourth-order valence-corrected chi connectivity index (χ4v) is 3.73. The maximum atomic E-state index is 10.3. The van der Waals surface area contributed by atoms with Crippen LogP contribution in [0.2, 0.25) is 0 Å². The van der Waals surface area contributed by atoms with E-state index >= 15 is 0 Å². The zero-order valence-corrected chi connectivity index (χ0v) is 14.4. The van der Waals surface area contributed by atoms with Crippen LogP contribution in [0.25, 0.3) is 10.9 Å². The molecule has 0 spiro atoms. The van der Waals surface area contributed by atoms with Crippen LogP contribution in [0.4, 0.5) is 0 Å². The Labute approximate surface area is 143 Å². The lowest BCUT2D eigenvalue weighted by molar-refractivity contribution is -0.109. The molecular weight excluding hydrogens is 302 g/mol. The van der Waals surface area contributed by atoms with Gasteiger partial charge < -0.3 is 19.9 Å². The molecule has 24 heavy (non-hydrogen) atoms. The van der Waals surface area contributed by atoms with Gasteiger partial charge in [-0.15, -0.1) is 0 Å². The quantitative estimate of drug-likeness (QED) is 0.549. The molecule has 1 aliphatic rings. The molecule has 0 aliphatic carbocycles. The lowest BCUT2D eigenvalue weighted by Gasteiger charge is -2.24. The van der Waals surface area contributed by atoms with E-state index in [1.807, 2.05) is 6.07 Å². The number of carbonyl (C=O) groups is 1. The largest absolute Gasteiger partial charge is 0.497 e. The number of aromatic nitrogens is 1. The first-order valence-corrected chi connectivity index (χ1v) is 8.87. The van der Waals surface area contributed by atoms with Gasteiger partial charge in [0.1, 0.15) is 5.75 Å². The summed E-state index contributed by atoms with van der Waals surface area (Å²) in [5, 5.41) is 4.01. The summed E-state index contributed by atoms with van der Waals surface area (Å²) >= 11 is 0. The predicted molar refractivity (Wildman–Crippen MR) is 96.5 cm³/mol. The molecule has 1 aromatic heterocycles. The Hall–Kier alpha value is -2.01. The summed E-state index contributed by atoms with van der Waals surface area (Å²) in [4.78, 5) is 16.3. The highest BCUT2D eigenvalue weighted by molar-refractivity contribution is 5.84. The number of unbranched alkanes of at least 4 members (excludes halogenated alkanes) is 1. The Morgan fingerprint density at radius 1 is 1.42 bits per heavy atom. The van der Waals surface area contributed by atoms with Gasteiger partial charge in [0.15, 0.2) is 0 Å². The summed E-state index contributed by atoms with van der Waals surface area (Å²) in [7, 11) is 1.71. The summed E-state index contributed by atoms with van der Waals surface area (Å²) in [5.41, 5.74) is 2.55. The molecule has 130 valence electrons. The van der Waals surface area contributed by atoms with Gasteiger partial charge in [0.05, 0.1) is 7.11 Å². The summed E-state index contributed by atoms with van der Waals surface area (Å²) in [6, 6.07) is 6.84. The molecule has 0 saturated carbocycles. The van der Waals surface area contributed by atoms with Crippen LogP contribution in [-0.2, 0) is 11.2 Å². The highest BCUT2D eigenvalue weighted by atomic mass is 16.5. The molecule has 0 unspecified atom stereocenters. The molecule has 3 rings (SSSR count). The molecule has 2 N–H and O–H groups in total. The van der Waals surface area contributed by atoms with Gasteiger partial charge in [-0.1, -0.05) is 0 Å². The van der Waals surface area contributed by atoms with Crippen molar-refractivity contribution in [3.63, 3.8) is 0 Å². The van der Waals surface area contributed by atoms with Gasteiger partial charge in [-0.2, -0.15) is 0 Å². The van der Waals surface area contributed by atoms with Crippen molar-refractivity contribution in [2.24, 2.45) is 0 Å². The number of H-pyrrole nitrogens is 1. The normalized spacial score (nSPS) is 18.1. The number of hydrogen-bond donors (Lipinski definition) is 2. The SMILES string of the molecule is COc1ccc2[nH]cc(C[C@H]3CCCN3CCCCNC=O)c2c1. The van der Waals surface area contributed by atoms with E-state index in [-0.39, 0.29) is 0 Å². The van der Waals surface area contributed by atoms with Crippen LogP contribution in [0.15, 0.2) is 24.4 Å². The number of amides is 1. The van der Waals surface area contributed by atoms with E-state index in [0.717, 1.165) is 44.5 Å². The number of likely N-dealkylation sites (tertiary alicyclic amines) is 1. The second kappa shape index (κ2) is 8.20. The van der Waals surface area contributed by atoms with Crippen molar-refractivity contribution in [2.75, 3.05) is 26.7 Å². The Kier molecular flexibility index (Phi) is 5.75. The topological polar surface area (TPSA) is 57.4 Å². The van der Waals surface area contributed by atoms with Crippen molar-refractivity contribution < 1.29 is 9.53 Å². The smallest absolute Gasteiger partial charge is 0.207 e. The predicted octanol–water partition coefficient (Wildman–Crippen LogP) is 2.71. The minimum absolute atomic E-state index is 0.620. The molecule has 2 heterocycles. The summed E-state index contributed by atoms with van der Waals surface area (Å²) in [6.07, 6.45) is 8.75. The van der Waals surface area contributed by atoms with Gasteiger partial charge in [0, 0.05) is 29.7 Å². The van der Waals surface area contributed by atoms with Gasteiger partial charge in [-0.25, -0.2) is 0 Å². The Bertz CT molecular complexity index is 668. The number of benzene rings is 1. The zero-order chi connectivity index (χ0) is 16.8. The molecule has 1 atom stereocenters. The van der Waals surface area contributed by atoms with E-state index < -0.39 is 0 Å². The molecule has 5 heteroatoms. The minimum atomic E-state index is 0.620. The monoisotopic (exact) mass is 329 g/mol. The lowest BCUT2D eigenvalue weighted by atomic mass is 10.0. The highest BCUT2D eigenvalue weighted by Crippen LogP contribution is 2.28. The zero-order valence-electron chi connectivity index (χ0n) is 14.4. The van der Waals surface area contributed by atoms with Gasteiger partial charge in [0.2, 0.25) is 6.41 Å². The first-order valence-electron chi connectivity index (χ1n) is 8.87. The Morgan fingerprint density at radius 2 is 2.33 bits per heavy atom. The number of hydrogen-bond acceptors (Lipinski definition) is 3. The van der Waals surface area contributed by atoms with Crippen LogP contribution in [0.1, 0.15) is 31.2 Å². The minimum Gasteiger partial charge on any atom is -0.497 e. The number of fused-ring (bicyclic) bond motifs is 1. The third kappa shape index (κ3) is 3.90. The highest BCUT2D eigenvalue weighted by Gasteiger charge is 2.24. The maximum Gasteiger partial charge on any atom is 0.207 e. The summed E-state index contributed by atoms with van der Waals surface area (Å²) < 4.78 is 5.37. The molecule has 0 radical (unpaired) electrons. The third-order valence-electron chi connectivity index (χ3n) is 5.03. The lowest BCUT2D eigenvalue weighted by Crippen LogP contribution is -2.32. The van der Waals surface area contributed by atoms with Gasteiger partial charge in [-0.05, 0) is 69.0 Å². The molecule has 1 amide bonds. The van der Waals surface area contributed by atoms with E-state index in [0.29, 0.717) is 6.04 Å². The van der Waals surface area contributed by atoms with Crippen molar-refractivity contribution >= 4 is 17.3 Å². The van der Waals surface area contributed by atoms with Crippen molar-refractivity contribution in [1.82, 2.24) is 15.2 Å². The fraction of sp³-hybridized carbons (Fsp3) is 0.526. The summed E-state index contributed by atoms with van der Waals surface area (Å²) in [5.74, 6) is 0.911. The van der Waals surface area contributed by atoms with E-state index in [9.17, 15) is 4.79 Å². The third-order valence-corrected chi connectivity index (χ3v) is 5.03.